The van der Waals surface area contributed by atoms with E-state index in [1.807, 2.05) is 36.4 Å². The molecule has 2 aromatic rings. The molecule has 2 N–H and O–H groups in total. The van der Waals surface area contributed by atoms with Crippen LogP contribution in [0.25, 0.3) is 11.1 Å². The van der Waals surface area contributed by atoms with Gasteiger partial charge in [-0.3, -0.25) is 0 Å². The molecule has 0 radical (unpaired) electrons. The van der Waals surface area contributed by atoms with Crippen molar-refractivity contribution in [3.63, 3.8) is 0 Å². The van der Waals surface area contributed by atoms with Gasteiger partial charge in [-0.1, -0.05) is 30.7 Å². The molecule has 2 aliphatic rings. The van der Waals surface area contributed by atoms with Crippen LogP contribution in [-0.4, -0.2) is 46.9 Å². The first-order valence-corrected chi connectivity index (χ1v) is 11.8. The van der Waals surface area contributed by atoms with Crippen molar-refractivity contribution in [2.24, 2.45) is 0 Å². The molecule has 0 aromatic heterocycles. The van der Waals surface area contributed by atoms with Crippen LogP contribution in [0.2, 0.25) is 0 Å². The van der Waals surface area contributed by atoms with Gasteiger partial charge in [-0.2, -0.15) is 0 Å². The summed E-state index contributed by atoms with van der Waals surface area (Å²) in [5.41, 5.74) is 1.99. The van der Waals surface area contributed by atoms with E-state index in [1.54, 1.807) is 12.1 Å². The van der Waals surface area contributed by atoms with E-state index in [0.717, 1.165) is 29.8 Å². The third kappa shape index (κ3) is 5.36. The minimum atomic E-state index is -3.52. The van der Waals surface area contributed by atoms with Crippen molar-refractivity contribution in [2.75, 3.05) is 26.4 Å². The first-order valence-electron chi connectivity index (χ1n) is 10.3. The number of hydrogen-bond acceptors (Lipinski definition) is 5. The molecule has 2 atom stereocenters. The lowest BCUT2D eigenvalue weighted by Crippen LogP contribution is -2.38. The maximum absolute atomic E-state index is 12.5. The Hall–Kier alpha value is -1.93. The van der Waals surface area contributed by atoms with Crippen LogP contribution in [-0.2, 0) is 14.8 Å². The Kier molecular flexibility index (Phi) is 6.50. The maximum Gasteiger partial charge on any atom is 0.240 e. The Morgan fingerprint density at radius 1 is 1.00 bits per heavy atom. The van der Waals surface area contributed by atoms with Crippen molar-refractivity contribution in [3.8, 4) is 16.9 Å². The van der Waals surface area contributed by atoms with E-state index in [4.69, 9.17) is 9.47 Å². The summed E-state index contributed by atoms with van der Waals surface area (Å²) < 4.78 is 38.8. The molecule has 2 aromatic carbocycles. The van der Waals surface area contributed by atoms with Gasteiger partial charge in [0.15, 0.2) is 0 Å². The standard InChI is InChI=1S/C22H28N2O4S/c25-29(26,24-20-12-14-27-15-20)22-10-6-18(7-11-22)17-4-8-21(9-5-17)28-16-19-3-1-2-13-23-19/h4-11,19-20,23-24H,1-3,12-16H2. The zero-order valence-corrected chi connectivity index (χ0v) is 17.3. The molecule has 7 heteroatoms. The van der Waals surface area contributed by atoms with Gasteiger partial charge in [0.25, 0.3) is 0 Å². The predicted octanol–water partition coefficient (Wildman–Crippen LogP) is 2.94. The highest BCUT2D eigenvalue weighted by molar-refractivity contribution is 7.89. The van der Waals surface area contributed by atoms with Crippen molar-refractivity contribution < 1.29 is 17.9 Å². The molecule has 0 saturated carbocycles. The van der Waals surface area contributed by atoms with Crippen LogP contribution in [0.4, 0.5) is 0 Å². The van der Waals surface area contributed by atoms with Crippen LogP contribution < -0.4 is 14.8 Å². The molecule has 0 spiro atoms. The highest BCUT2D eigenvalue weighted by Gasteiger charge is 2.23. The summed E-state index contributed by atoms with van der Waals surface area (Å²) in [7, 11) is -3.52. The van der Waals surface area contributed by atoms with Crippen molar-refractivity contribution in [2.45, 2.75) is 42.7 Å². The molecule has 0 amide bonds. The normalized spacial score (nSPS) is 22.5. The van der Waals surface area contributed by atoms with E-state index in [1.165, 1.54) is 12.8 Å². The number of ether oxygens (including phenoxy) is 2. The molecule has 4 rings (SSSR count). The van der Waals surface area contributed by atoms with Crippen LogP contribution in [0, 0.1) is 0 Å². The van der Waals surface area contributed by atoms with E-state index in [9.17, 15) is 8.42 Å². The van der Waals surface area contributed by atoms with Crippen LogP contribution in [0.1, 0.15) is 25.7 Å². The van der Waals surface area contributed by atoms with Gasteiger partial charge < -0.3 is 14.8 Å². The van der Waals surface area contributed by atoms with E-state index in [-0.39, 0.29) is 10.9 Å². The second-order valence-corrected chi connectivity index (χ2v) is 9.40. The Morgan fingerprint density at radius 2 is 1.72 bits per heavy atom. The third-order valence-electron chi connectivity index (χ3n) is 5.47. The first kappa shape index (κ1) is 20.3. The van der Waals surface area contributed by atoms with Crippen LogP contribution in [0.3, 0.4) is 0 Å². The van der Waals surface area contributed by atoms with Crippen LogP contribution in [0.5, 0.6) is 5.75 Å². The van der Waals surface area contributed by atoms with Crippen molar-refractivity contribution in [1.82, 2.24) is 10.0 Å². The van der Waals surface area contributed by atoms with Crippen molar-refractivity contribution >= 4 is 10.0 Å². The average molecular weight is 417 g/mol. The molecule has 2 heterocycles. The molecular formula is C22H28N2O4S. The Bertz CT molecular complexity index is 885. The first-order chi connectivity index (χ1) is 14.1. The Labute approximate surface area is 172 Å². The highest BCUT2D eigenvalue weighted by atomic mass is 32.2. The molecule has 6 nitrogen and oxygen atoms in total. The summed E-state index contributed by atoms with van der Waals surface area (Å²) in [5, 5.41) is 3.48. The summed E-state index contributed by atoms with van der Waals surface area (Å²) in [6.45, 7) is 2.79. The fourth-order valence-electron chi connectivity index (χ4n) is 3.75. The van der Waals surface area contributed by atoms with Gasteiger partial charge in [0.1, 0.15) is 12.4 Å². The zero-order chi connectivity index (χ0) is 20.1. The van der Waals surface area contributed by atoms with Gasteiger partial charge in [0.2, 0.25) is 10.0 Å². The third-order valence-corrected chi connectivity index (χ3v) is 7.00. The van der Waals surface area contributed by atoms with Gasteiger partial charge in [-0.25, -0.2) is 13.1 Å². The average Bonchev–Trinajstić information content (AvgIpc) is 3.26. The van der Waals surface area contributed by atoms with E-state index >= 15 is 0 Å². The molecule has 2 aliphatic heterocycles. The quantitative estimate of drug-likeness (QED) is 0.726. The Morgan fingerprint density at radius 3 is 2.34 bits per heavy atom. The van der Waals surface area contributed by atoms with E-state index in [0.29, 0.717) is 32.3 Å². The fraction of sp³-hybridized carbons (Fsp3) is 0.455. The lowest BCUT2D eigenvalue weighted by atomic mass is 10.1. The van der Waals surface area contributed by atoms with Crippen LogP contribution in [0.15, 0.2) is 53.4 Å². The maximum atomic E-state index is 12.5. The van der Waals surface area contributed by atoms with E-state index in [2.05, 4.69) is 10.0 Å². The zero-order valence-electron chi connectivity index (χ0n) is 16.5. The summed E-state index contributed by atoms with van der Waals surface area (Å²) in [6, 6.07) is 15.2. The number of sulfonamides is 1. The van der Waals surface area contributed by atoms with Gasteiger partial charge in [0, 0.05) is 18.7 Å². The monoisotopic (exact) mass is 416 g/mol. The van der Waals surface area contributed by atoms with Gasteiger partial charge in [-0.15, -0.1) is 0 Å². The van der Waals surface area contributed by atoms with Gasteiger partial charge in [-0.05, 0) is 61.2 Å². The molecule has 29 heavy (non-hydrogen) atoms. The van der Waals surface area contributed by atoms with Crippen LogP contribution >= 0.6 is 0 Å². The minimum absolute atomic E-state index is 0.143. The lowest BCUT2D eigenvalue weighted by molar-refractivity contribution is 0.192. The number of nitrogens with one attached hydrogen (secondary N) is 2. The number of piperidine rings is 1. The fourth-order valence-corrected chi connectivity index (χ4v) is 5.00. The van der Waals surface area contributed by atoms with Crippen molar-refractivity contribution in [3.05, 3.63) is 48.5 Å². The molecule has 0 aliphatic carbocycles. The summed E-state index contributed by atoms with van der Waals surface area (Å²) in [5.74, 6) is 0.850. The lowest BCUT2D eigenvalue weighted by Gasteiger charge is -2.23. The molecule has 156 valence electrons. The SMILES string of the molecule is O=S(=O)(NC1CCOC1)c1ccc(-c2ccc(OCC3CCCCN3)cc2)cc1. The number of hydrogen-bond donors (Lipinski definition) is 2. The van der Waals surface area contributed by atoms with Crippen molar-refractivity contribution in [1.29, 1.82) is 0 Å². The number of rotatable bonds is 7. The summed E-state index contributed by atoms with van der Waals surface area (Å²) in [6.07, 6.45) is 4.38. The second-order valence-electron chi connectivity index (χ2n) is 7.69. The highest BCUT2D eigenvalue weighted by Crippen LogP contribution is 2.24. The topological polar surface area (TPSA) is 76.7 Å². The predicted molar refractivity (Wildman–Crippen MR) is 113 cm³/mol. The number of benzene rings is 2. The molecule has 0 bridgehead atoms. The molecular weight excluding hydrogens is 388 g/mol. The Balaban J connectivity index is 1.36. The van der Waals surface area contributed by atoms with Gasteiger partial charge in [0.05, 0.1) is 11.5 Å². The van der Waals surface area contributed by atoms with E-state index < -0.39 is 10.0 Å². The smallest absolute Gasteiger partial charge is 0.240 e. The van der Waals surface area contributed by atoms with Gasteiger partial charge >= 0.3 is 0 Å². The minimum Gasteiger partial charge on any atom is -0.492 e. The summed E-state index contributed by atoms with van der Waals surface area (Å²) in [4.78, 5) is 0.271. The molecule has 2 fully saturated rings. The second kappa shape index (κ2) is 9.26. The largest absolute Gasteiger partial charge is 0.492 e. The summed E-state index contributed by atoms with van der Waals surface area (Å²) >= 11 is 0. The molecule has 2 saturated heterocycles. The molecule has 2 unspecified atom stereocenters.